The van der Waals surface area contributed by atoms with Crippen LogP contribution in [0.4, 0.5) is 0 Å². The third-order valence-corrected chi connectivity index (χ3v) is 3.52. The Morgan fingerprint density at radius 3 is 2.38 bits per heavy atom. The summed E-state index contributed by atoms with van der Waals surface area (Å²) in [6.45, 7) is 13.1. The van der Waals surface area contributed by atoms with Gasteiger partial charge in [0, 0.05) is 6.42 Å². The Kier molecular flexibility index (Phi) is 8.38. The fourth-order valence-electron chi connectivity index (χ4n) is 1.58. The minimum absolute atomic E-state index is 0.612. The van der Waals surface area contributed by atoms with E-state index in [2.05, 4.69) is 50.7 Å². The van der Waals surface area contributed by atoms with Crippen LogP contribution in [0.3, 0.4) is 0 Å². The number of hydrogen-bond acceptors (Lipinski definition) is 0. The van der Waals surface area contributed by atoms with E-state index in [0.717, 1.165) is 6.42 Å². The van der Waals surface area contributed by atoms with Gasteiger partial charge in [0.1, 0.15) is 8.07 Å². The van der Waals surface area contributed by atoms with Crippen LogP contribution < -0.4 is 0 Å². The van der Waals surface area contributed by atoms with Crippen molar-refractivity contribution in [1.29, 1.82) is 0 Å². The Morgan fingerprint density at radius 1 is 1.19 bits per heavy atom. The van der Waals surface area contributed by atoms with Crippen LogP contribution in [0.2, 0.25) is 19.6 Å². The summed E-state index contributed by atoms with van der Waals surface area (Å²) < 4.78 is 0. The second-order valence-corrected chi connectivity index (χ2v) is 10.4. The molecule has 1 unspecified atom stereocenters. The largest absolute Gasteiger partial charge is 0.132 e. The van der Waals surface area contributed by atoms with Gasteiger partial charge in [0.05, 0.1) is 0 Å². The number of hydrogen-bond donors (Lipinski definition) is 0. The molecule has 0 saturated carbocycles. The molecule has 0 spiro atoms. The zero-order valence-corrected chi connectivity index (χ0v) is 12.6. The second kappa shape index (κ2) is 8.64. The third-order valence-electron chi connectivity index (χ3n) is 2.59. The monoisotopic (exact) mass is 236 g/mol. The van der Waals surface area contributed by atoms with Crippen molar-refractivity contribution in [3.63, 3.8) is 0 Å². The van der Waals surface area contributed by atoms with Crippen molar-refractivity contribution in [3.05, 3.63) is 12.7 Å². The molecule has 0 aromatic carbocycles. The molecular formula is C15H28Si. The average Bonchev–Trinajstić information content (AvgIpc) is 2.20. The first-order valence-corrected chi connectivity index (χ1v) is 10.1. The van der Waals surface area contributed by atoms with Crippen molar-refractivity contribution in [1.82, 2.24) is 0 Å². The van der Waals surface area contributed by atoms with Crippen LogP contribution in [0.1, 0.15) is 45.4 Å². The lowest BCUT2D eigenvalue weighted by molar-refractivity contribution is 0.539. The summed E-state index contributed by atoms with van der Waals surface area (Å²) in [5.74, 6) is 3.97. The Hall–Kier alpha value is -0.483. The Balaban J connectivity index is 3.82. The van der Waals surface area contributed by atoms with Crippen LogP contribution in [0, 0.1) is 17.4 Å². The molecule has 1 heteroatoms. The van der Waals surface area contributed by atoms with Gasteiger partial charge in [-0.15, -0.1) is 18.0 Å². The summed E-state index contributed by atoms with van der Waals surface area (Å²) in [5.41, 5.74) is 3.43. The van der Waals surface area contributed by atoms with Crippen LogP contribution in [0.15, 0.2) is 12.7 Å². The van der Waals surface area contributed by atoms with Crippen LogP contribution in [0.25, 0.3) is 0 Å². The topological polar surface area (TPSA) is 0 Å². The molecule has 0 aromatic rings. The van der Waals surface area contributed by atoms with Crippen molar-refractivity contribution in [2.45, 2.75) is 65.1 Å². The molecule has 0 fully saturated rings. The normalized spacial score (nSPS) is 12.8. The zero-order chi connectivity index (χ0) is 12.4. The van der Waals surface area contributed by atoms with Crippen molar-refractivity contribution in [2.75, 3.05) is 0 Å². The summed E-state index contributed by atoms with van der Waals surface area (Å²) >= 11 is 0. The van der Waals surface area contributed by atoms with E-state index >= 15 is 0 Å². The summed E-state index contributed by atoms with van der Waals surface area (Å²) in [6, 6.07) is 0. The summed E-state index contributed by atoms with van der Waals surface area (Å²) in [6.07, 6.45) is 9.74. The Bertz CT molecular complexity index is 236. The standard InChI is InChI=1S/C15H28Si/c1-6-8-9-10-12-15(7-2)13-11-14-16(3,4)5/h7,15H,2,6,8-10,12-13H2,1,3-5H3. The molecule has 0 aliphatic rings. The van der Waals surface area contributed by atoms with Crippen LogP contribution in [-0.4, -0.2) is 8.07 Å². The third kappa shape index (κ3) is 10.0. The second-order valence-electron chi connectivity index (χ2n) is 5.60. The molecule has 0 aromatic heterocycles. The molecule has 0 bridgehead atoms. The minimum atomic E-state index is -1.18. The minimum Gasteiger partial charge on any atom is -0.132 e. The van der Waals surface area contributed by atoms with E-state index in [1.165, 1.54) is 32.1 Å². The first-order chi connectivity index (χ1) is 7.49. The molecule has 0 amide bonds. The maximum Gasteiger partial charge on any atom is 0.129 e. The molecule has 0 radical (unpaired) electrons. The highest BCUT2D eigenvalue weighted by atomic mass is 28.3. The molecular weight excluding hydrogens is 208 g/mol. The molecule has 1 atom stereocenters. The van der Waals surface area contributed by atoms with Gasteiger partial charge in [0.2, 0.25) is 0 Å². The fourth-order valence-corrected chi connectivity index (χ4v) is 2.22. The first kappa shape index (κ1) is 15.5. The van der Waals surface area contributed by atoms with Gasteiger partial charge in [0.25, 0.3) is 0 Å². The molecule has 0 nitrogen and oxygen atoms in total. The molecule has 0 aliphatic heterocycles. The van der Waals surface area contributed by atoms with Crippen LogP contribution in [0.5, 0.6) is 0 Å². The molecule has 0 aliphatic carbocycles. The van der Waals surface area contributed by atoms with Gasteiger partial charge in [0.15, 0.2) is 0 Å². The van der Waals surface area contributed by atoms with Crippen molar-refractivity contribution in [3.8, 4) is 11.5 Å². The highest BCUT2D eigenvalue weighted by Crippen LogP contribution is 2.15. The van der Waals surface area contributed by atoms with Gasteiger partial charge in [-0.3, -0.25) is 0 Å². The van der Waals surface area contributed by atoms with Crippen LogP contribution >= 0.6 is 0 Å². The van der Waals surface area contributed by atoms with Crippen molar-refractivity contribution < 1.29 is 0 Å². The SMILES string of the molecule is C=CC(CC#C[Si](C)(C)C)CCCCCC. The number of allylic oxidation sites excluding steroid dienone is 1. The first-order valence-electron chi connectivity index (χ1n) is 6.62. The molecule has 0 N–H and O–H groups in total. The summed E-state index contributed by atoms with van der Waals surface area (Å²) in [5, 5.41) is 0. The van der Waals surface area contributed by atoms with Gasteiger partial charge in [-0.2, -0.15) is 0 Å². The van der Waals surface area contributed by atoms with Crippen molar-refractivity contribution >= 4 is 8.07 Å². The van der Waals surface area contributed by atoms with Crippen LogP contribution in [-0.2, 0) is 0 Å². The Labute approximate surface area is 104 Å². The molecule has 92 valence electrons. The van der Waals surface area contributed by atoms with Crippen molar-refractivity contribution in [2.24, 2.45) is 5.92 Å². The summed E-state index contributed by atoms with van der Waals surface area (Å²) in [7, 11) is -1.18. The van der Waals surface area contributed by atoms with E-state index in [4.69, 9.17) is 0 Å². The van der Waals surface area contributed by atoms with E-state index in [1.807, 2.05) is 0 Å². The van der Waals surface area contributed by atoms with E-state index in [1.54, 1.807) is 0 Å². The van der Waals surface area contributed by atoms with Gasteiger partial charge in [-0.1, -0.05) is 58.3 Å². The number of rotatable bonds is 7. The lowest BCUT2D eigenvalue weighted by atomic mass is 9.98. The van der Waals surface area contributed by atoms with E-state index in [9.17, 15) is 0 Å². The van der Waals surface area contributed by atoms with E-state index in [0.29, 0.717) is 5.92 Å². The molecule has 16 heavy (non-hydrogen) atoms. The molecule has 0 rings (SSSR count). The lowest BCUT2D eigenvalue weighted by Gasteiger charge is -2.09. The zero-order valence-electron chi connectivity index (χ0n) is 11.6. The molecule has 0 heterocycles. The van der Waals surface area contributed by atoms with E-state index < -0.39 is 8.07 Å². The number of unbranched alkanes of at least 4 members (excludes halogenated alkanes) is 3. The molecule has 0 saturated heterocycles. The van der Waals surface area contributed by atoms with Gasteiger partial charge < -0.3 is 0 Å². The smallest absolute Gasteiger partial charge is 0.129 e. The quantitative estimate of drug-likeness (QED) is 0.252. The summed E-state index contributed by atoms with van der Waals surface area (Å²) in [4.78, 5) is 0. The maximum absolute atomic E-state index is 3.92. The highest BCUT2D eigenvalue weighted by Gasteiger charge is 2.08. The predicted octanol–water partition coefficient (Wildman–Crippen LogP) is 5.03. The van der Waals surface area contributed by atoms with Gasteiger partial charge in [-0.25, -0.2) is 0 Å². The van der Waals surface area contributed by atoms with Gasteiger partial charge >= 0.3 is 0 Å². The predicted molar refractivity (Wildman–Crippen MR) is 78.2 cm³/mol. The average molecular weight is 236 g/mol. The maximum atomic E-state index is 3.92. The highest BCUT2D eigenvalue weighted by molar-refractivity contribution is 6.83. The lowest BCUT2D eigenvalue weighted by Crippen LogP contribution is -2.16. The fraction of sp³-hybridized carbons (Fsp3) is 0.733. The van der Waals surface area contributed by atoms with Gasteiger partial charge in [-0.05, 0) is 12.3 Å². The van der Waals surface area contributed by atoms with E-state index in [-0.39, 0.29) is 0 Å². The Morgan fingerprint density at radius 2 is 1.88 bits per heavy atom.